The Bertz CT molecular complexity index is 177. The number of hydrogen-bond acceptors (Lipinski definition) is 1. The number of rotatable bonds is 4. The van der Waals surface area contributed by atoms with Gasteiger partial charge in [0.05, 0.1) is 0 Å². The highest BCUT2D eigenvalue weighted by Gasteiger charge is 2.04. The first-order chi connectivity index (χ1) is 5.34. The summed E-state index contributed by atoms with van der Waals surface area (Å²) in [5.41, 5.74) is 0. The summed E-state index contributed by atoms with van der Waals surface area (Å²) >= 11 is 1.76. The van der Waals surface area contributed by atoms with Crippen molar-refractivity contribution in [2.45, 2.75) is 39.0 Å². The van der Waals surface area contributed by atoms with E-state index in [-0.39, 0.29) is 0 Å². The van der Waals surface area contributed by atoms with Gasteiger partial charge in [0.25, 0.3) is 0 Å². The highest BCUT2D eigenvalue weighted by molar-refractivity contribution is 7.09. The van der Waals surface area contributed by atoms with E-state index < -0.39 is 0 Å². The Morgan fingerprint density at radius 3 is 3.00 bits per heavy atom. The maximum absolute atomic E-state index is 3.13. The quantitative estimate of drug-likeness (QED) is 0.639. The highest BCUT2D eigenvalue weighted by atomic mass is 32.1. The molecule has 0 aliphatic rings. The first-order valence-electron chi connectivity index (χ1n) is 4.30. The Labute approximate surface area is 73.3 Å². The molecule has 0 aliphatic heterocycles. The molecule has 1 unspecified atom stereocenters. The molecule has 0 bridgehead atoms. The second-order valence-electron chi connectivity index (χ2n) is 3.00. The minimum atomic E-state index is 0.742. The average Bonchev–Trinajstić information content (AvgIpc) is 2.52. The van der Waals surface area contributed by atoms with Gasteiger partial charge in [0.1, 0.15) is 0 Å². The zero-order valence-electron chi connectivity index (χ0n) is 7.26. The van der Waals surface area contributed by atoms with Crippen LogP contribution in [0.15, 0.2) is 12.1 Å². The minimum absolute atomic E-state index is 0.742. The van der Waals surface area contributed by atoms with E-state index in [0.717, 1.165) is 5.92 Å². The van der Waals surface area contributed by atoms with Gasteiger partial charge in [-0.2, -0.15) is 0 Å². The first-order valence-corrected chi connectivity index (χ1v) is 5.12. The van der Waals surface area contributed by atoms with Crippen LogP contribution < -0.4 is 0 Å². The van der Waals surface area contributed by atoms with Crippen molar-refractivity contribution in [1.29, 1.82) is 0 Å². The van der Waals surface area contributed by atoms with E-state index in [0.29, 0.717) is 0 Å². The lowest BCUT2D eigenvalue weighted by molar-refractivity contribution is 0.632. The molecular formula is C10H15S. The van der Waals surface area contributed by atoms with Gasteiger partial charge >= 0.3 is 0 Å². The molecule has 0 aliphatic carbocycles. The molecule has 0 amide bonds. The van der Waals surface area contributed by atoms with Crippen LogP contribution in [0, 0.1) is 5.38 Å². The fourth-order valence-electron chi connectivity index (χ4n) is 1.17. The number of unbranched alkanes of at least 4 members (excludes halogenated alkanes) is 1. The molecule has 0 N–H and O–H groups in total. The molecule has 0 spiro atoms. The third-order valence-corrected chi connectivity index (χ3v) is 3.00. The zero-order chi connectivity index (χ0) is 8.10. The second kappa shape index (κ2) is 4.55. The van der Waals surface area contributed by atoms with E-state index in [1.807, 2.05) is 6.07 Å². The molecule has 1 rings (SSSR count). The fourth-order valence-corrected chi connectivity index (χ4v) is 1.90. The minimum Gasteiger partial charge on any atom is -0.139 e. The molecule has 1 aromatic rings. The maximum Gasteiger partial charge on any atom is 0.0445 e. The topological polar surface area (TPSA) is 0 Å². The van der Waals surface area contributed by atoms with E-state index in [1.54, 1.807) is 11.3 Å². The van der Waals surface area contributed by atoms with Crippen LogP contribution in [-0.4, -0.2) is 0 Å². The van der Waals surface area contributed by atoms with Crippen molar-refractivity contribution < 1.29 is 0 Å². The lowest BCUT2D eigenvalue weighted by Crippen LogP contribution is -1.88. The van der Waals surface area contributed by atoms with Crippen LogP contribution in [0.4, 0.5) is 0 Å². The standard InChI is InChI=1S/C10H15S/c1-3-4-6-9(2)10-7-5-8-11-10/h5,7,9H,3-4,6H2,1-2H3. The van der Waals surface area contributed by atoms with Crippen molar-refractivity contribution in [3.05, 3.63) is 22.4 Å². The lowest BCUT2D eigenvalue weighted by atomic mass is 10.0. The smallest absolute Gasteiger partial charge is 0.0445 e. The molecule has 1 heterocycles. The Hall–Kier alpha value is -0.300. The largest absolute Gasteiger partial charge is 0.139 e. The van der Waals surface area contributed by atoms with Crippen LogP contribution in [0.1, 0.15) is 43.9 Å². The summed E-state index contributed by atoms with van der Waals surface area (Å²) < 4.78 is 0. The van der Waals surface area contributed by atoms with E-state index in [4.69, 9.17) is 0 Å². The van der Waals surface area contributed by atoms with Gasteiger partial charge < -0.3 is 0 Å². The Morgan fingerprint density at radius 2 is 2.45 bits per heavy atom. The third kappa shape index (κ3) is 2.66. The van der Waals surface area contributed by atoms with Gasteiger partial charge in [0, 0.05) is 10.3 Å². The SMILES string of the molecule is CCCCC(C)c1cc[c]s1. The molecule has 1 heteroatoms. The molecular weight excluding hydrogens is 152 g/mol. The Balaban J connectivity index is 2.36. The van der Waals surface area contributed by atoms with Crippen molar-refractivity contribution in [2.24, 2.45) is 0 Å². The second-order valence-corrected chi connectivity index (χ2v) is 3.91. The molecule has 0 nitrogen and oxygen atoms in total. The molecule has 0 saturated carbocycles. The summed E-state index contributed by atoms with van der Waals surface area (Å²) in [7, 11) is 0. The van der Waals surface area contributed by atoms with Crippen LogP contribution in [0.2, 0.25) is 0 Å². The van der Waals surface area contributed by atoms with Crippen LogP contribution in [0.5, 0.6) is 0 Å². The summed E-state index contributed by atoms with van der Waals surface area (Å²) in [5, 5.41) is 3.13. The Morgan fingerprint density at radius 1 is 1.64 bits per heavy atom. The van der Waals surface area contributed by atoms with Crippen molar-refractivity contribution in [3.63, 3.8) is 0 Å². The third-order valence-electron chi connectivity index (χ3n) is 1.97. The van der Waals surface area contributed by atoms with Gasteiger partial charge in [0.2, 0.25) is 0 Å². The van der Waals surface area contributed by atoms with Crippen molar-refractivity contribution in [3.8, 4) is 0 Å². The van der Waals surface area contributed by atoms with Crippen molar-refractivity contribution in [2.75, 3.05) is 0 Å². The predicted octanol–water partition coefficient (Wildman–Crippen LogP) is 3.84. The molecule has 61 valence electrons. The number of hydrogen-bond donors (Lipinski definition) is 0. The Kier molecular flexibility index (Phi) is 3.64. The van der Waals surface area contributed by atoms with Gasteiger partial charge in [-0.1, -0.05) is 26.7 Å². The molecule has 1 aromatic heterocycles. The highest BCUT2D eigenvalue weighted by Crippen LogP contribution is 2.24. The monoisotopic (exact) mass is 167 g/mol. The first kappa shape index (κ1) is 8.79. The van der Waals surface area contributed by atoms with Crippen molar-refractivity contribution in [1.82, 2.24) is 0 Å². The molecule has 0 saturated heterocycles. The summed E-state index contributed by atoms with van der Waals surface area (Å²) in [6.07, 6.45) is 3.98. The fraction of sp³-hybridized carbons (Fsp3) is 0.600. The average molecular weight is 167 g/mol. The van der Waals surface area contributed by atoms with Gasteiger partial charge in [-0.3, -0.25) is 0 Å². The van der Waals surface area contributed by atoms with E-state index in [1.165, 1.54) is 24.1 Å². The molecule has 1 atom stereocenters. The van der Waals surface area contributed by atoms with E-state index in [2.05, 4.69) is 25.3 Å². The van der Waals surface area contributed by atoms with Crippen molar-refractivity contribution >= 4 is 11.3 Å². The molecule has 0 aromatic carbocycles. The summed E-state index contributed by atoms with van der Waals surface area (Å²) in [6.45, 7) is 4.54. The number of thiophene rings is 1. The van der Waals surface area contributed by atoms with Gasteiger partial charge in [-0.15, -0.1) is 11.3 Å². The van der Waals surface area contributed by atoms with Crippen LogP contribution >= 0.6 is 11.3 Å². The zero-order valence-corrected chi connectivity index (χ0v) is 8.08. The van der Waals surface area contributed by atoms with Crippen LogP contribution in [0.3, 0.4) is 0 Å². The normalized spacial score (nSPS) is 13.3. The summed E-state index contributed by atoms with van der Waals surface area (Å²) in [6, 6.07) is 4.20. The molecule has 11 heavy (non-hydrogen) atoms. The van der Waals surface area contributed by atoms with Crippen LogP contribution in [0.25, 0.3) is 0 Å². The summed E-state index contributed by atoms with van der Waals surface area (Å²) in [4.78, 5) is 1.48. The maximum atomic E-state index is 3.13. The predicted molar refractivity (Wildman–Crippen MR) is 51.1 cm³/mol. The molecule has 1 radical (unpaired) electrons. The van der Waals surface area contributed by atoms with E-state index >= 15 is 0 Å². The van der Waals surface area contributed by atoms with Gasteiger partial charge in [0.15, 0.2) is 0 Å². The van der Waals surface area contributed by atoms with Gasteiger partial charge in [-0.05, 0) is 24.5 Å². The lowest BCUT2D eigenvalue weighted by Gasteiger charge is -2.06. The summed E-state index contributed by atoms with van der Waals surface area (Å²) in [5.74, 6) is 0.742. The van der Waals surface area contributed by atoms with Gasteiger partial charge in [-0.25, -0.2) is 0 Å². The molecule has 0 fully saturated rings. The van der Waals surface area contributed by atoms with E-state index in [9.17, 15) is 0 Å². The van der Waals surface area contributed by atoms with Crippen LogP contribution in [-0.2, 0) is 0 Å².